The fourth-order valence-electron chi connectivity index (χ4n) is 3.26. The van der Waals surface area contributed by atoms with E-state index in [9.17, 15) is 9.59 Å². The second-order valence-corrected chi connectivity index (χ2v) is 8.42. The molecule has 0 bridgehead atoms. The van der Waals surface area contributed by atoms with E-state index in [1.165, 1.54) is 10.8 Å². The van der Waals surface area contributed by atoms with Gasteiger partial charge in [0.05, 0.1) is 13.2 Å². The van der Waals surface area contributed by atoms with Crippen molar-refractivity contribution in [3.63, 3.8) is 0 Å². The number of ether oxygens (including phenoxy) is 2. The molecule has 3 rings (SSSR count). The molecule has 178 valence electrons. The number of rotatable bonds is 8. The van der Waals surface area contributed by atoms with Crippen LogP contribution < -0.4 is 24.8 Å². The zero-order chi connectivity index (χ0) is 24.5. The Morgan fingerprint density at radius 3 is 2.82 bits per heavy atom. The van der Waals surface area contributed by atoms with Crippen molar-refractivity contribution in [3.05, 3.63) is 55.1 Å². The lowest BCUT2D eigenvalue weighted by atomic mass is 10.2. The molecule has 0 unspecified atom stereocenters. The summed E-state index contributed by atoms with van der Waals surface area (Å²) in [6.45, 7) is 8.79. The van der Waals surface area contributed by atoms with Gasteiger partial charge in [-0.05, 0) is 25.5 Å². The van der Waals surface area contributed by atoms with Gasteiger partial charge in [-0.2, -0.15) is 5.26 Å². The van der Waals surface area contributed by atoms with E-state index in [0.29, 0.717) is 13.2 Å². The predicted octanol–water partition coefficient (Wildman–Crippen LogP) is 0.868. The molecule has 0 aliphatic carbocycles. The lowest BCUT2D eigenvalue weighted by Crippen LogP contribution is -2.38. The number of carboxylic acid groups (broad SMARTS) is 1. The number of aromatic nitrogens is 1. The Morgan fingerprint density at radius 2 is 2.15 bits per heavy atom. The lowest BCUT2D eigenvalue weighted by Gasteiger charge is -2.26. The first-order valence-corrected chi connectivity index (χ1v) is 11.6. The zero-order valence-corrected chi connectivity index (χ0v) is 19.9. The highest BCUT2D eigenvalue weighted by molar-refractivity contribution is 7.07. The normalized spacial score (nSPS) is 13.3. The van der Waals surface area contributed by atoms with E-state index < -0.39 is 11.5 Å². The molecule has 1 aliphatic heterocycles. The summed E-state index contributed by atoms with van der Waals surface area (Å²) in [7, 11) is 0. The highest BCUT2D eigenvalue weighted by Gasteiger charge is 2.10. The predicted molar refractivity (Wildman–Crippen MR) is 129 cm³/mol. The fourth-order valence-corrected chi connectivity index (χ4v) is 4.24. The number of hydrogen-bond donors (Lipinski definition) is 2. The summed E-state index contributed by atoms with van der Waals surface area (Å²) in [4.78, 5) is 26.0. The number of carbonyl (C=O) groups is 1. The number of thiazole rings is 1. The van der Waals surface area contributed by atoms with Crippen LogP contribution >= 0.6 is 11.3 Å². The molecule has 0 atom stereocenters. The van der Waals surface area contributed by atoms with Crippen LogP contribution in [-0.2, 0) is 16.1 Å². The monoisotopic (exact) mass is 482 g/mol. The van der Waals surface area contributed by atoms with Gasteiger partial charge in [-0.15, -0.1) is 0 Å². The maximum absolute atomic E-state index is 12.6. The van der Waals surface area contributed by atoms with Crippen LogP contribution in [-0.4, -0.2) is 60.0 Å². The van der Waals surface area contributed by atoms with Gasteiger partial charge in [0, 0.05) is 44.1 Å². The van der Waals surface area contributed by atoms with Crippen molar-refractivity contribution < 1.29 is 19.4 Å². The van der Waals surface area contributed by atoms with Crippen molar-refractivity contribution in [1.82, 2.24) is 9.47 Å². The summed E-state index contributed by atoms with van der Waals surface area (Å²) in [5.41, 5.74) is 6.32. The summed E-state index contributed by atoms with van der Waals surface area (Å²) >= 11 is 1.02. The van der Waals surface area contributed by atoms with E-state index >= 15 is 0 Å². The topological polar surface area (TPSA) is 117 Å². The number of aryl methyl sites for hydroxylation is 1. The number of anilines is 1. The molecule has 0 saturated carbocycles. The van der Waals surface area contributed by atoms with E-state index in [1.807, 2.05) is 25.1 Å². The summed E-state index contributed by atoms with van der Waals surface area (Å²) in [6.07, 6.45) is 1.52. The Bertz CT molecular complexity index is 1330. The molecule has 0 spiro atoms. The van der Waals surface area contributed by atoms with Crippen LogP contribution in [0.4, 0.5) is 5.69 Å². The molecule has 34 heavy (non-hydrogen) atoms. The molecule has 2 aromatic rings. The van der Waals surface area contributed by atoms with Gasteiger partial charge in [-0.3, -0.25) is 14.3 Å². The number of carboxylic acids is 1. The van der Waals surface area contributed by atoms with E-state index in [-0.39, 0.29) is 14.8 Å². The van der Waals surface area contributed by atoms with Crippen LogP contribution in [0.1, 0.15) is 12.5 Å². The molecule has 2 heterocycles. The van der Waals surface area contributed by atoms with Gasteiger partial charge in [0.15, 0.2) is 5.57 Å². The molecule has 1 aromatic carbocycles. The third-order valence-electron chi connectivity index (χ3n) is 5.16. The zero-order valence-electron chi connectivity index (χ0n) is 19.1. The van der Waals surface area contributed by atoms with Gasteiger partial charge in [0.2, 0.25) is 0 Å². The molecule has 1 fully saturated rings. The number of morpholine rings is 1. The first-order chi connectivity index (χ1) is 16.4. The van der Waals surface area contributed by atoms with Crippen LogP contribution in [0.3, 0.4) is 0 Å². The summed E-state index contributed by atoms with van der Waals surface area (Å²) in [6, 6.07) is 7.31. The second-order valence-electron chi connectivity index (χ2n) is 7.42. The van der Waals surface area contributed by atoms with Crippen LogP contribution in [0.2, 0.25) is 0 Å². The van der Waals surface area contributed by atoms with Gasteiger partial charge in [0.1, 0.15) is 27.6 Å². The highest BCUT2D eigenvalue weighted by atomic mass is 32.1. The Labute approximate surface area is 200 Å². The maximum atomic E-state index is 12.6. The molecular weight excluding hydrogens is 456 g/mol. The average Bonchev–Trinajstić information content (AvgIpc) is 3.13. The van der Waals surface area contributed by atoms with Crippen LogP contribution in [0.25, 0.3) is 11.5 Å². The smallest absolute Gasteiger partial charge is 0.354 e. The molecule has 0 amide bonds. The molecule has 10 heteroatoms. The molecular formula is C24H26N4O5S. The SMILES string of the molecule is CCn1c(=C=C(C#N)C(=O)O)sc(=C=CNc2ccc(C)c(OCCN3CCOCC3)c2)c1=O. The average molecular weight is 483 g/mol. The van der Waals surface area contributed by atoms with Gasteiger partial charge in [-0.25, -0.2) is 4.79 Å². The minimum Gasteiger partial charge on any atom is -0.492 e. The molecule has 1 aliphatic rings. The van der Waals surface area contributed by atoms with Crippen molar-refractivity contribution >= 4 is 34.5 Å². The fraction of sp³-hybridized carbons (Fsp3) is 0.375. The maximum Gasteiger partial charge on any atom is 0.354 e. The van der Waals surface area contributed by atoms with E-state index in [2.05, 4.69) is 21.7 Å². The van der Waals surface area contributed by atoms with Crippen molar-refractivity contribution in [3.8, 4) is 11.8 Å². The van der Waals surface area contributed by atoms with Crippen molar-refractivity contribution in [2.45, 2.75) is 20.4 Å². The van der Waals surface area contributed by atoms with Crippen LogP contribution in [0, 0.1) is 18.3 Å². The van der Waals surface area contributed by atoms with E-state index in [4.69, 9.17) is 19.8 Å². The summed E-state index contributed by atoms with van der Waals surface area (Å²) in [5.74, 6) is -0.619. The first-order valence-electron chi connectivity index (χ1n) is 10.8. The van der Waals surface area contributed by atoms with Crippen molar-refractivity contribution in [1.29, 1.82) is 5.26 Å². The molecule has 2 N–H and O–H groups in total. The minimum absolute atomic E-state index is 0.258. The Hall–Kier alpha value is -3.57. The second kappa shape index (κ2) is 12.1. The summed E-state index contributed by atoms with van der Waals surface area (Å²) < 4.78 is 13.2. The Morgan fingerprint density at radius 1 is 1.38 bits per heavy atom. The third-order valence-corrected chi connectivity index (χ3v) is 6.17. The van der Waals surface area contributed by atoms with Crippen LogP contribution in [0.15, 0.2) is 34.8 Å². The number of benzene rings is 1. The van der Waals surface area contributed by atoms with E-state index in [0.717, 1.165) is 61.2 Å². The van der Waals surface area contributed by atoms with Gasteiger partial charge >= 0.3 is 5.97 Å². The van der Waals surface area contributed by atoms with Gasteiger partial charge < -0.3 is 19.9 Å². The summed E-state index contributed by atoms with van der Waals surface area (Å²) in [5, 5.41) is 21.1. The number of aliphatic carboxylic acids is 1. The lowest BCUT2D eigenvalue weighted by molar-refractivity contribution is -0.132. The van der Waals surface area contributed by atoms with Crippen molar-refractivity contribution in [2.24, 2.45) is 0 Å². The van der Waals surface area contributed by atoms with Gasteiger partial charge in [-0.1, -0.05) is 28.9 Å². The number of nitrogens with zero attached hydrogens (tertiary/aromatic N) is 3. The van der Waals surface area contributed by atoms with Gasteiger partial charge in [0.25, 0.3) is 5.56 Å². The van der Waals surface area contributed by atoms with E-state index in [1.54, 1.807) is 13.0 Å². The largest absolute Gasteiger partial charge is 0.492 e. The molecule has 1 saturated heterocycles. The number of nitriles is 1. The standard InChI is InChI=1S/C24H26N4O5S/c1-3-28-22(14-18(16-25)24(30)31)34-21(23(28)29)6-7-26-19-5-4-17(2)20(15-19)33-13-10-27-8-11-32-12-9-27/h4-5,7,15,26H,3,8-13H2,1-2H3,(H,30,31). The first kappa shape index (κ1) is 25.1. The Balaban J connectivity index is 1.79. The Kier molecular flexibility index (Phi) is 8.88. The number of nitrogens with one attached hydrogen (secondary N) is 1. The molecule has 1 aromatic heterocycles. The van der Waals surface area contributed by atoms with Crippen molar-refractivity contribution in [2.75, 3.05) is 44.8 Å². The molecule has 0 radical (unpaired) electrons. The minimum atomic E-state index is -1.39. The molecule has 9 nitrogen and oxygen atoms in total. The quantitative estimate of drug-likeness (QED) is 0.421. The number of hydrogen-bond acceptors (Lipinski definition) is 8. The van der Waals surface area contributed by atoms with Crippen LogP contribution in [0.5, 0.6) is 5.75 Å². The highest BCUT2D eigenvalue weighted by Crippen LogP contribution is 2.22. The third kappa shape index (κ3) is 6.49.